The summed E-state index contributed by atoms with van der Waals surface area (Å²) in [5.74, 6) is 0.280. The normalized spacial score (nSPS) is 20.1. The molecule has 0 radical (unpaired) electrons. The fourth-order valence-electron chi connectivity index (χ4n) is 5.91. The minimum absolute atomic E-state index is 0.108. The maximum absolute atomic E-state index is 11.5. The zero-order valence-corrected chi connectivity index (χ0v) is 24.1. The number of aliphatic carboxylic acids is 1. The molecule has 36 heavy (non-hydrogen) atoms. The molecule has 2 aliphatic carbocycles. The molecule has 3 heteroatoms. The number of unbranched alkanes of at least 4 members (excludes halogenated alkanes) is 4. The Hall–Kier alpha value is -2.03. The van der Waals surface area contributed by atoms with Gasteiger partial charge in [0.05, 0.1) is 6.61 Å². The average molecular weight is 495 g/mol. The third-order valence-corrected chi connectivity index (χ3v) is 8.85. The van der Waals surface area contributed by atoms with Gasteiger partial charge in [-0.2, -0.15) is 0 Å². The monoisotopic (exact) mass is 494 g/mol. The van der Waals surface area contributed by atoms with Crippen molar-refractivity contribution in [3.05, 3.63) is 52.1 Å². The van der Waals surface area contributed by atoms with Gasteiger partial charge in [0.1, 0.15) is 5.75 Å². The van der Waals surface area contributed by atoms with Gasteiger partial charge in [-0.05, 0) is 85.5 Å². The van der Waals surface area contributed by atoms with Crippen LogP contribution < -0.4 is 4.74 Å². The molecule has 3 rings (SSSR count). The molecule has 3 nitrogen and oxygen atoms in total. The molecule has 0 amide bonds. The van der Waals surface area contributed by atoms with Crippen molar-refractivity contribution in [3.63, 3.8) is 0 Å². The number of carbonyl (C=O) groups is 1. The number of allylic oxidation sites excluding steroid dienone is 3. The molecular weight excluding hydrogens is 444 g/mol. The largest absolute Gasteiger partial charge is 0.493 e. The van der Waals surface area contributed by atoms with Gasteiger partial charge in [-0.3, -0.25) is 0 Å². The third kappa shape index (κ3) is 6.45. The van der Waals surface area contributed by atoms with Crippen LogP contribution in [-0.2, 0) is 21.0 Å². The minimum Gasteiger partial charge on any atom is -0.493 e. The van der Waals surface area contributed by atoms with Crippen LogP contribution in [0.4, 0.5) is 0 Å². The van der Waals surface area contributed by atoms with Crippen LogP contribution in [0.1, 0.15) is 136 Å². The van der Waals surface area contributed by atoms with Crippen molar-refractivity contribution < 1.29 is 14.6 Å². The Morgan fingerprint density at radius 3 is 2.08 bits per heavy atom. The lowest BCUT2D eigenvalue weighted by molar-refractivity contribution is -0.132. The molecule has 0 spiro atoms. The Kier molecular flexibility index (Phi) is 9.17. The number of ether oxygens (including phenoxy) is 1. The first kappa shape index (κ1) is 28.5. The Balaban J connectivity index is 1.93. The molecule has 1 aromatic carbocycles. The molecule has 0 atom stereocenters. The molecule has 0 aliphatic heterocycles. The highest BCUT2D eigenvalue weighted by molar-refractivity contribution is 5.87. The highest BCUT2D eigenvalue weighted by atomic mass is 16.5. The van der Waals surface area contributed by atoms with Gasteiger partial charge in [0, 0.05) is 16.6 Å². The molecule has 0 aromatic heterocycles. The number of rotatable bonds is 13. The number of carboxylic acid groups (broad SMARTS) is 1. The summed E-state index contributed by atoms with van der Waals surface area (Å²) in [5.41, 5.74) is 6.13. The second kappa shape index (κ2) is 11.6. The lowest BCUT2D eigenvalue weighted by atomic mass is 9.62. The van der Waals surface area contributed by atoms with Gasteiger partial charge in [0.15, 0.2) is 0 Å². The zero-order chi connectivity index (χ0) is 26.6. The number of carboxylic acids is 1. The average Bonchev–Trinajstić information content (AvgIpc) is 3.60. The lowest BCUT2D eigenvalue weighted by Crippen LogP contribution is -2.34. The van der Waals surface area contributed by atoms with Crippen LogP contribution in [0.15, 0.2) is 35.4 Å². The summed E-state index contributed by atoms with van der Waals surface area (Å²) in [6.07, 6.45) is 16.6. The number of hydrogen-bond acceptors (Lipinski definition) is 2. The van der Waals surface area contributed by atoms with Gasteiger partial charge in [-0.25, -0.2) is 4.79 Å². The van der Waals surface area contributed by atoms with Gasteiger partial charge in [0.25, 0.3) is 0 Å². The topological polar surface area (TPSA) is 46.5 Å². The Bertz CT molecular complexity index is 988. The molecule has 2 aliphatic rings. The van der Waals surface area contributed by atoms with E-state index < -0.39 is 5.97 Å². The first-order valence-corrected chi connectivity index (χ1v) is 14.4. The summed E-state index contributed by atoms with van der Waals surface area (Å²) < 4.78 is 6.57. The summed E-state index contributed by atoms with van der Waals surface area (Å²) >= 11 is 0. The summed E-state index contributed by atoms with van der Waals surface area (Å²) in [6, 6.07) is 4.90. The van der Waals surface area contributed by atoms with Gasteiger partial charge in [-0.1, -0.05) is 85.4 Å². The molecule has 200 valence electrons. The Labute approximate surface area is 220 Å². The third-order valence-electron chi connectivity index (χ3n) is 8.85. The van der Waals surface area contributed by atoms with E-state index in [1.165, 1.54) is 55.2 Å². The van der Waals surface area contributed by atoms with Crippen molar-refractivity contribution in [1.82, 2.24) is 0 Å². The molecular formula is C33H50O3. The quantitative estimate of drug-likeness (QED) is 0.169. The van der Waals surface area contributed by atoms with Crippen LogP contribution in [0.3, 0.4) is 0 Å². The van der Waals surface area contributed by atoms with Crippen molar-refractivity contribution in [2.75, 3.05) is 6.61 Å². The minimum atomic E-state index is -0.810. The first-order chi connectivity index (χ1) is 17.0. The van der Waals surface area contributed by atoms with Crippen LogP contribution >= 0.6 is 0 Å². The van der Waals surface area contributed by atoms with Crippen LogP contribution in [0.5, 0.6) is 5.75 Å². The molecule has 0 saturated heterocycles. The van der Waals surface area contributed by atoms with Gasteiger partial charge in [-0.15, -0.1) is 0 Å². The standard InChI is InChI=1S/C33H50O3/c1-8-10-11-12-13-21-36-29-23-27-26(31(4,5)17-18-32(27,6)7)22-28(29)33(19-20-33)16-14-15-24(3)25(9-2)30(34)35/h14-15,22-23H,8-13,16-21H2,1-7H3,(H,34,35). The van der Waals surface area contributed by atoms with Crippen LogP contribution in [0.2, 0.25) is 0 Å². The highest BCUT2D eigenvalue weighted by Crippen LogP contribution is 2.57. The number of benzene rings is 1. The van der Waals surface area contributed by atoms with E-state index in [-0.39, 0.29) is 16.2 Å². The molecule has 1 N–H and O–H groups in total. The maximum Gasteiger partial charge on any atom is 0.331 e. The second-order valence-corrected chi connectivity index (χ2v) is 12.6. The lowest BCUT2D eigenvalue weighted by Gasteiger charge is -2.42. The molecule has 1 fully saturated rings. The smallest absolute Gasteiger partial charge is 0.331 e. The SMILES string of the molecule is CCCCCCCOc1cc2c(cc1C1(CC=CC(C)=C(CC)C(=O)O)CC1)C(C)(C)CCC2(C)C. The molecule has 0 bridgehead atoms. The van der Waals surface area contributed by atoms with Crippen molar-refractivity contribution in [2.45, 2.75) is 135 Å². The van der Waals surface area contributed by atoms with Crippen LogP contribution in [0, 0.1) is 0 Å². The van der Waals surface area contributed by atoms with Gasteiger partial charge >= 0.3 is 5.97 Å². The van der Waals surface area contributed by atoms with Crippen LogP contribution in [-0.4, -0.2) is 17.7 Å². The molecule has 1 aromatic rings. The van der Waals surface area contributed by atoms with Gasteiger partial charge < -0.3 is 9.84 Å². The first-order valence-electron chi connectivity index (χ1n) is 14.4. The number of hydrogen-bond donors (Lipinski definition) is 1. The van der Waals surface area contributed by atoms with E-state index in [2.05, 4.69) is 52.8 Å². The van der Waals surface area contributed by atoms with E-state index in [4.69, 9.17) is 4.74 Å². The fraction of sp³-hybridized carbons (Fsp3) is 0.667. The summed E-state index contributed by atoms with van der Waals surface area (Å²) in [7, 11) is 0. The van der Waals surface area contributed by atoms with E-state index in [1.807, 2.05) is 19.9 Å². The predicted molar refractivity (Wildman–Crippen MR) is 151 cm³/mol. The van der Waals surface area contributed by atoms with Crippen molar-refractivity contribution in [2.24, 2.45) is 0 Å². The van der Waals surface area contributed by atoms with E-state index in [0.717, 1.165) is 43.6 Å². The highest BCUT2D eigenvalue weighted by Gasteiger charge is 2.47. The predicted octanol–water partition coefficient (Wildman–Crippen LogP) is 9.17. The van der Waals surface area contributed by atoms with E-state index in [1.54, 1.807) is 0 Å². The van der Waals surface area contributed by atoms with Crippen LogP contribution in [0.25, 0.3) is 0 Å². The Morgan fingerprint density at radius 2 is 1.53 bits per heavy atom. The van der Waals surface area contributed by atoms with Gasteiger partial charge in [0.2, 0.25) is 0 Å². The summed E-state index contributed by atoms with van der Waals surface area (Å²) in [4.78, 5) is 11.5. The number of fused-ring (bicyclic) bond motifs is 1. The molecule has 1 saturated carbocycles. The molecule has 0 unspecified atom stereocenters. The van der Waals surface area contributed by atoms with Crippen molar-refractivity contribution in [3.8, 4) is 5.75 Å². The zero-order valence-electron chi connectivity index (χ0n) is 24.1. The Morgan fingerprint density at radius 1 is 0.917 bits per heavy atom. The van der Waals surface area contributed by atoms with Crippen molar-refractivity contribution >= 4 is 5.97 Å². The summed E-state index contributed by atoms with van der Waals surface area (Å²) in [5, 5.41) is 9.48. The summed E-state index contributed by atoms with van der Waals surface area (Å²) in [6.45, 7) is 16.4. The maximum atomic E-state index is 11.5. The van der Waals surface area contributed by atoms with Crippen molar-refractivity contribution in [1.29, 1.82) is 0 Å². The van der Waals surface area contributed by atoms with E-state index >= 15 is 0 Å². The molecule has 0 heterocycles. The van der Waals surface area contributed by atoms with E-state index in [9.17, 15) is 9.90 Å². The second-order valence-electron chi connectivity index (χ2n) is 12.6. The van der Waals surface area contributed by atoms with E-state index in [0.29, 0.717) is 12.0 Å². The fourth-order valence-corrected chi connectivity index (χ4v) is 5.91.